The largest absolute Gasteiger partial charge is 0.392 e. The number of hydrogen-bond donors (Lipinski definition) is 1. The third kappa shape index (κ3) is 2.54. The van der Waals surface area contributed by atoms with Gasteiger partial charge >= 0.3 is 0 Å². The van der Waals surface area contributed by atoms with E-state index >= 15 is 0 Å². The van der Waals surface area contributed by atoms with Crippen molar-refractivity contribution in [1.82, 2.24) is 9.55 Å². The second-order valence-electron chi connectivity index (χ2n) is 10.4. The zero-order valence-electron chi connectivity index (χ0n) is 17.2. The number of aliphatic hydroxyl groups is 1. The molecule has 0 saturated heterocycles. The molecule has 1 aliphatic heterocycles. The van der Waals surface area contributed by atoms with Gasteiger partial charge in [-0.3, -0.25) is 0 Å². The fraction of sp³-hybridized carbons (Fsp3) is 0.640. The zero-order valence-corrected chi connectivity index (χ0v) is 17.2. The number of nitrogens with zero attached hydrogens (tertiary/aromatic N) is 2. The molecule has 4 atom stereocenters. The highest BCUT2D eigenvalue weighted by molar-refractivity contribution is 5.69. The van der Waals surface area contributed by atoms with Crippen LogP contribution in [0.1, 0.15) is 69.9 Å². The van der Waals surface area contributed by atoms with Crippen LogP contribution in [0.15, 0.2) is 30.7 Å². The summed E-state index contributed by atoms with van der Waals surface area (Å²) in [5, 5.41) is 11.6. The number of imidazole rings is 1. The van der Waals surface area contributed by atoms with E-state index in [0.29, 0.717) is 6.42 Å². The lowest BCUT2D eigenvalue weighted by atomic mass is 9.44. The van der Waals surface area contributed by atoms with E-state index in [4.69, 9.17) is 0 Å². The maximum absolute atomic E-state index is 14.8. The minimum absolute atomic E-state index is 0.0511. The summed E-state index contributed by atoms with van der Waals surface area (Å²) in [6, 6.07) is 5.17. The monoisotopic (exact) mass is 394 g/mol. The van der Waals surface area contributed by atoms with E-state index in [1.165, 1.54) is 44.9 Å². The molecular formula is C25H31FN2O. The molecule has 0 radical (unpaired) electrons. The molecule has 3 nitrogen and oxygen atoms in total. The van der Waals surface area contributed by atoms with Gasteiger partial charge in [-0.25, -0.2) is 9.37 Å². The van der Waals surface area contributed by atoms with Gasteiger partial charge in [0.25, 0.3) is 0 Å². The summed E-state index contributed by atoms with van der Waals surface area (Å²) in [4.78, 5) is 4.31. The minimum Gasteiger partial charge on any atom is -0.392 e. The molecular weight excluding hydrogens is 363 g/mol. The highest BCUT2D eigenvalue weighted by Gasteiger charge is 2.57. The van der Waals surface area contributed by atoms with Crippen LogP contribution in [0.25, 0.3) is 11.3 Å². The Balaban J connectivity index is 1.31. The van der Waals surface area contributed by atoms with Gasteiger partial charge in [0.2, 0.25) is 0 Å². The highest BCUT2D eigenvalue weighted by atomic mass is 19.1. The van der Waals surface area contributed by atoms with Crippen LogP contribution in [0.3, 0.4) is 0 Å². The van der Waals surface area contributed by atoms with Gasteiger partial charge in [0.1, 0.15) is 5.82 Å². The summed E-state index contributed by atoms with van der Waals surface area (Å²) < 4.78 is 16.9. The van der Waals surface area contributed by atoms with E-state index < -0.39 is 0 Å². The summed E-state index contributed by atoms with van der Waals surface area (Å²) in [6.45, 7) is 2.31. The van der Waals surface area contributed by atoms with Gasteiger partial charge in [-0.15, -0.1) is 0 Å². The maximum Gasteiger partial charge on any atom is 0.129 e. The van der Waals surface area contributed by atoms with Gasteiger partial charge < -0.3 is 9.67 Å². The van der Waals surface area contributed by atoms with Crippen LogP contribution in [-0.2, 0) is 0 Å². The molecule has 4 heteroatoms. The number of fused-ring (bicyclic) bond motifs is 3. The average molecular weight is 395 g/mol. The Kier molecular flexibility index (Phi) is 4.00. The molecule has 0 spiro atoms. The molecule has 7 rings (SSSR count). The molecule has 1 aromatic heterocycles. The number of hydrogen-bond acceptors (Lipinski definition) is 2. The van der Waals surface area contributed by atoms with Crippen LogP contribution in [-0.4, -0.2) is 20.8 Å². The van der Waals surface area contributed by atoms with Crippen molar-refractivity contribution in [3.05, 3.63) is 42.1 Å². The standard InChI is InChI=1S/C25H31FN2O/c1-2-4-18-16-7-15-8-17(18)12-25(10-15,11-16)23(29)9-21-24-19(5-3-6-20(24)26)22-13-27-14-28(21)22/h3,5-6,13-18,21,23,29H,2,4,7-12H2,1H3. The molecule has 4 bridgehead atoms. The molecule has 29 heavy (non-hydrogen) atoms. The number of halogens is 1. The van der Waals surface area contributed by atoms with Crippen LogP contribution < -0.4 is 0 Å². The lowest BCUT2D eigenvalue weighted by Crippen LogP contribution is -2.55. The van der Waals surface area contributed by atoms with Crippen molar-refractivity contribution in [1.29, 1.82) is 0 Å². The fourth-order valence-corrected chi connectivity index (χ4v) is 8.10. The van der Waals surface area contributed by atoms with E-state index in [2.05, 4.69) is 16.5 Å². The molecule has 1 N–H and O–H groups in total. The second kappa shape index (κ2) is 6.41. The summed E-state index contributed by atoms with van der Waals surface area (Å²) in [7, 11) is 0. The predicted octanol–water partition coefficient (Wildman–Crippen LogP) is 5.59. The first-order chi connectivity index (χ1) is 14.1. The fourth-order valence-electron chi connectivity index (χ4n) is 8.10. The molecule has 154 valence electrons. The van der Waals surface area contributed by atoms with Crippen molar-refractivity contribution in [2.45, 2.75) is 70.4 Å². The molecule has 4 aliphatic carbocycles. The quantitative estimate of drug-likeness (QED) is 0.718. The molecule has 4 fully saturated rings. The van der Waals surface area contributed by atoms with Gasteiger partial charge in [-0.2, -0.15) is 0 Å². The maximum atomic E-state index is 14.8. The van der Waals surface area contributed by atoms with E-state index in [9.17, 15) is 9.50 Å². The minimum atomic E-state index is -0.371. The average Bonchev–Trinajstić information content (AvgIpc) is 3.27. The third-order valence-corrected chi connectivity index (χ3v) is 8.96. The van der Waals surface area contributed by atoms with Crippen LogP contribution in [0.2, 0.25) is 0 Å². The van der Waals surface area contributed by atoms with Crippen LogP contribution >= 0.6 is 0 Å². The first-order valence-electron chi connectivity index (χ1n) is 11.6. The van der Waals surface area contributed by atoms with Crippen molar-refractivity contribution >= 4 is 0 Å². The third-order valence-electron chi connectivity index (χ3n) is 8.96. The smallest absolute Gasteiger partial charge is 0.129 e. The molecule has 5 aliphatic rings. The molecule has 4 saturated carbocycles. The lowest BCUT2D eigenvalue weighted by Gasteiger charge is -2.62. The summed E-state index contributed by atoms with van der Waals surface area (Å²) >= 11 is 0. The lowest BCUT2D eigenvalue weighted by molar-refractivity contribution is -0.151. The van der Waals surface area contributed by atoms with Gasteiger partial charge in [-0.05, 0) is 73.7 Å². The highest BCUT2D eigenvalue weighted by Crippen LogP contribution is 2.65. The Bertz CT molecular complexity index is 921. The Morgan fingerprint density at radius 3 is 2.79 bits per heavy atom. The van der Waals surface area contributed by atoms with Crippen molar-refractivity contribution in [2.24, 2.45) is 29.1 Å². The second-order valence-corrected chi connectivity index (χ2v) is 10.4. The van der Waals surface area contributed by atoms with Gasteiger partial charge in [0.15, 0.2) is 0 Å². The van der Waals surface area contributed by atoms with E-state index in [-0.39, 0.29) is 23.4 Å². The Morgan fingerprint density at radius 1 is 1.24 bits per heavy atom. The Labute approximate surface area is 172 Å². The topological polar surface area (TPSA) is 38.1 Å². The Morgan fingerprint density at radius 2 is 2.03 bits per heavy atom. The molecule has 2 heterocycles. The summed E-state index contributed by atoms with van der Waals surface area (Å²) in [6.07, 6.45) is 12.8. The number of rotatable bonds is 5. The van der Waals surface area contributed by atoms with Gasteiger partial charge in [0, 0.05) is 11.1 Å². The summed E-state index contributed by atoms with van der Waals surface area (Å²) in [5.74, 6) is 3.12. The van der Waals surface area contributed by atoms with Crippen molar-refractivity contribution in [2.75, 3.05) is 0 Å². The van der Waals surface area contributed by atoms with E-state index in [1.54, 1.807) is 12.1 Å². The molecule has 2 aromatic rings. The van der Waals surface area contributed by atoms with Gasteiger partial charge in [0.05, 0.1) is 30.4 Å². The predicted molar refractivity (Wildman–Crippen MR) is 111 cm³/mol. The number of aliphatic hydroxyl groups excluding tert-OH is 1. The van der Waals surface area contributed by atoms with Crippen molar-refractivity contribution < 1.29 is 9.50 Å². The first-order valence-corrected chi connectivity index (χ1v) is 11.6. The van der Waals surface area contributed by atoms with Crippen LogP contribution in [0, 0.1) is 34.9 Å². The summed E-state index contributed by atoms with van der Waals surface area (Å²) in [5.41, 5.74) is 2.71. The SMILES string of the molecule is CCCC1C2CC3CC1CC(C(O)CC1c4c(F)cccc4-c4cncn41)(C3)C2. The number of benzene rings is 1. The first kappa shape index (κ1) is 18.1. The van der Waals surface area contributed by atoms with E-state index in [1.807, 2.05) is 18.6 Å². The van der Waals surface area contributed by atoms with Crippen LogP contribution in [0.5, 0.6) is 0 Å². The van der Waals surface area contributed by atoms with Crippen molar-refractivity contribution in [3.63, 3.8) is 0 Å². The molecule has 4 unspecified atom stereocenters. The van der Waals surface area contributed by atoms with Crippen LogP contribution in [0.4, 0.5) is 4.39 Å². The normalized spacial score (nSPS) is 37.6. The van der Waals surface area contributed by atoms with Crippen molar-refractivity contribution in [3.8, 4) is 11.3 Å². The van der Waals surface area contributed by atoms with Gasteiger partial charge in [-0.1, -0.05) is 31.9 Å². The van der Waals surface area contributed by atoms with E-state index in [0.717, 1.165) is 40.5 Å². The Hall–Kier alpha value is -1.68. The number of aromatic nitrogens is 2. The zero-order chi connectivity index (χ0) is 19.8. The molecule has 1 aromatic carbocycles. The molecule has 0 amide bonds.